The fraction of sp³-hybridized carbons (Fsp3) is 0.462. The van der Waals surface area contributed by atoms with Crippen molar-refractivity contribution in [3.63, 3.8) is 0 Å². The lowest BCUT2D eigenvalue weighted by Crippen LogP contribution is -2.49. The summed E-state index contributed by atoms with van der Waals surface area (Å²) in [4.78, 5) is 22.4. The predicted octanol–water partition coefficient (Wildman–Crippen LogP) is 3.70. The van der Waals surface area contributed by atoms with Gasteiger partial charge in [0.25, 0.3) is 5.91 Å². The zero-order valence-corrected chi connectivity index (χ0v) is 24.6. The van der Waals surface area contributed by atoms with E-state index in [1.807, 2.05) is 21.6 Å². The number of nitrogens with one attached hydrogen (secondary N) is 2. The van der Waals surface area contributed by atoms with E-state index in [1.165, 1.54) is 0 Å². The molecule has 3 heterocycles. The number of pyridine rings is 1. The van der Waals surface area contributed by atoms with Gasteiger partial charge in [0, 0.05) is 67.7 Å². The Morgan fingerprint density at radius 1 is 1.15 bits per heavy atom. The van der Waals surface area contributed by atoms with Crippen LogP contribution in [0.5, 0.6) is 0 Å². The van der Waals surface area contributed by atoms with Crippen molar-refractivity contribution in [1.29, 1.82) is 0 Å². The third-order valence-electron chi connectivity index (χ3n) is 6.37. The number of aryl methyl sites for hydroxylation is 1. The number of hydrogen-bond donors (Lipinski definition) is 2. The second-order valence-corrected chi connectivity index (χ2v) is 13.1. The summed E-state index contributed by atoms with van der Waals surface area (Å²) in [5.41, 5.74) is 2.62. The van der Waals surface area contributed by atoms with Crippen LogP contribution in [0.2, 0.25) is 0 Å². The molecule has 0 saturated carbocycles. The third kappa shape index (κ3) is 7.32. The van der Waals surface area contributed by atoms with Gasteiger partial charge in [-0.25, -0.2) is 13.4 Å². The number of piperazine rings is 1. The highest BCUT2D eigenvalue weighted by molar-refractivity contribution is 7.92. The summed E-state index contributed by atoms with van der Waals surface area (Å²) in [6.45, 7) is 8.99. The van der Waals surface area contributed by atoms with Gasteiger partial charge in [0.15, 0.2) is 13.8 Å². The first-order chi connectivity index (χ1) is 18.6. The van der Waals surface area contributed by atoms with Gasteiger partial charge in [-0.05, 0) is 57.2 Å². The number of amides is 1. The van der Waals surface area contributed by atoms with Gasteiger partial charge in [-0.2, -0.15) is 0 Å². The lowest BCUT2D eigenvalue weighted by Gasteiger charge is -2.36. The van der Waals surface area contributed by atoms with Crippen molar-refractivity contribution < 1.29 is 22.3 Å². The fourth-order valence-corrected chi connectivity index (χ4v) is 6.19. The van der Waals surface area contributed by atoms with Crippen molar-refractivity contribution in [2.75, 3.05) is 60.1 Å². The second-order valence-electron chi connectivity index (χ2n) is 9.84. The number of fused-ring (bicyclic) bond motifs is 1. The molecular formula is C26H37N6O5PS. The summed E-state index contributed by atoms with van der Waals surface area (Å²) < 4.78 is 45.4. The van der Waals surface area contributed by atoms with Gasteiger partial charge in [0.2, 0.25) is 10.0 Å². The van der Waals surface area contributed by atoms with Gasteiger partial charge >= 0.3 is 0 Å². The Hall–Kier alpha value is -3.08. The van der Waals surface area contributed by atoms with E-state index in [1.54, 1.807) is 37.4 Å². The molecule has 1 atom stereocenters. The summed E-state index contributed by atoms with van der Waals surface area (Å²) in [5, 5.41) is 4.16. The van der Waals surface area contributed by atoms with Crippen LogP contribution in [-0.2, 0) is 25.7 Å². The van der Waals surface area contributed by atoms with Crippen LogP contribution in [0.3, 0.4) is 0 Å². The van der Waals surface area contributed by atoms with Crippen LogP contribution in [0.4, 0.5) is 17.2 Å². The molecule has 0 bridgehead atoms. The number of aromatic nitrogens is 2. The molecule has 1 amide bonds. The minimum Gasteiger partial charge on any atom is -0.380 e. The molecule has 1 aliphatic rings. The molecule has 1 unspecified atom stereocenters. The van der Waals surface area contributed by atoms with Crippen molar-refractivity contribution in [1.82, 2.24) is 14.5 Å². The van der Waals surface area contributed by atoms with Gasteiger partial charge in [-0.3, -0.25) is 14.1 Å². The van der Waals surface area contributed by atoms with Crippen LogP contribution in [0, 0.1) is 0 Å². The summed E-state index contributed by atoms with van der Waals surface area (Å²) in [6.07, 6.45) is 3.16. The van der Waals surface area contributed by atoms with Crippen LogP contribution in [0.15, 0.2) is 42.6 Å². The largest absolute Gasteiger partial charge is 0.380 e. The Morgan fingerprint density at radius 2 is 1.90 bits per heavy atom. The molecule has 1 saturated heterocycles. The second kappa shape index (κ2) is 12.4. The van der Waals surface area contributed by atoms with Crippen molar-refractivity contribution in [3.05, 3.63) is 48.3 Å². The molecule has 212 valence electrons. The van der Waals surface area contributed by atoms with Gasteiger partial charge in [0.05, 0.1) is 18.6 Å². The highest BCUT2D eigenvalue weighted by Crippen LogP contribution is 2.29. The summed E-state index contributed by atoms with van der Waals surface area (Å²) in [7, 11) is -5.69. The lowest BCUT2D eigenvalue weighted by molar-refractivity contribution is 0.0736. The molecule has 1 fully saturated rings. The number of rotatable bonds is 11. The topological polar surface area (TPSA) is 126 Å². The van der Waals surface area contributed by atoms with E-state index in [9.17, 15) is 17.8 Å². The summed E-state index contributed by atoms with van der Waals surface area (Å²) >= 11 is 0. The molecule has 3 aromatic rings. The van der Waals surface area contributed by atoms with E-state index in [0.29, 0.717) is 56.9 Å². The highest BCUT2D eigenvalue weighted by Gasteiger charge is 2.27. The molecule has 11 nitrogen and oxygen atoms in total. The Morgan fingerprint density at radius 3 is 2.56 bits per heavy atom. The van der Waals surface area contributed by atoms with Crippen LogP contribution < -0.4 is 14.9 Å². The molecule has 1 aromatic carbocycles. The number of anilines is 3. The highest BCUT2D eigenvalue weighted by atomic mass is 32.2. The minimum atomic E-state index is -3.45. The smallest absolute Gasteiger partial charge is 0.270 e. The maximum absolute atomic E-state index is 13.8. The molecule has 2 aromatic heterocycles. The van der Waals surface area contributed by atoms with Crippen LogP contribution >= 0.6 is 8.03 Å². The van der Waals surface area contributed by atoms with Crippen LogP contribution in [-0.4, -0.2) is 80.0 Å². The average Bonchev–Trinajstić information content (AvgIpc) is 3.24. The molecule has 0 spiro atoms. The Labute approximate surface area is 230 Å². The Balaban J connectivity index is 1.57. The maximum atomic E-state index is 13.8. The zero-order valence-electron chi connectivity index (χ0n) is 22.8. The van der Waals surface area contributed by atoms with Crippen molar-refractivity contribution >= 4 is 52.1 Å². The molecule has 13 heteroatoms. The maximum Gasteiger partial charge on any atom is 0.270 e. The van der Waals surface area contributed by atoms with Gasteiger partial charge in [0.1, 0.15) is 5.69 Å². The third-order valence-corrected chi connectivity index (χ3v) is 8.21. The first-order valence-electron chi connectivity index (χ1n) is 13.1. The summed E-state index contributed by atoms with van der Waals surface area (Å²) in [6, 6.07) is 11.1. The van der Waals surface area contributed by atoms with E-state index < -0.39 is 18.1 Å². The number of carbonyl (C=O) groups excluding carboxylic acids is 1. The minimum absolute atomic E-state index is 0.124. The molecule has 1 aliphatic heterocycles. The Kier molecular flexibility index (Phi) is 9.19. The van der Waals surface area contributed by atoms with Crippen molar-refractivity contribution in [2.24, 2.45) is 0 Å². The van der Waals surface area contributed by atoms with E-state index in [2.05, 4.69) is 33.8 Å². The number of benzene rings is 1. The first-order valence-corrected chi connectivity index (χ1v) is 16.5. The lowest BCUT2D eigenvalue weighted by atomic mass is 10.2. The zero-order chi connectivity index (χ0) is 28.2. The number of nitrogens with zero attached hydrogens (tertiary/aromatic N) is 4. The van der Waals surface area contributed by atoms with Crippen LogP contribution in [0.25, 0.3) is 10.9 Å². The Bertz CT molecular complexity index is 1450. The number of sulfonamides is 1. The van der Waals surface area contributed by atoms with Crippen LogP contribution in [0.1, 0.15) is 31.3 Å². The average molecular weight is 577 g/mol. The SMILES string of the molecule is CCO[PH](=O)CCn1c(C(=O)N2CCN(c3ncccc3NC(C)C)CC2)cc2cc(NS(C)(=O)=O)ccc21. The van der Waals surface area contributed by atoms with Gasteiger partial charge < -0.3 is 24.2 Å². The fourth-order valence-electron chi connectivity index (χ4n) is 4.76. The molecule has 2 N–H and O–H groups in total. The predicted molar refractivity (Wildman–Crippen MR) is 157 cm³/mol. The van der Waals surface area contributed by atoms with E-state index >= 15 is 0 Å². The van der Waals surface area contributed by atoms with E-state index in [4.69, 9.17) is 4.52 Å². The molecule has 4 rings (SSSR count). The van der Waals surface area contributed by atoms with Crippen molar-refractivity contribution in [3.8, 4) is 0 Å². The number of carbonyl (C=O) groups is 1. The molecule has 0 radical (unpaired) electrons. The normalized spacial score (nSPS) is 15.1. The first kappa shape index (κ1) is 28.9. The molecule has 39 heavy (non-hydrogen) atoms. The van der Waals surface area contributed by atoms with Crippen molar-refractivity contribution in [2.45, 2.75) is 33.4 Å². The molecular weight excluding hydrogens is 539 g/mol. The van der Waals surface area contributed by atoms with Gasteiger partial charge in [-0.15, -0.1) is 0 Å². The molecule has 0 aliphatic carbocycles. The summed E-state index contributed by atoms with van der Waals surface area (Å²) in [5.74, 6) is 0.750. The quantitative estimate of drug-likeness (QED) is 0.331. The van der Waals surface area contributed by atoms with Gasteiger partial charge in [-0.1, -0.05) is 0 Å². The van der Waals surface area contributed by atoms with E-state index in [-0.39, 0.29) is 11.9 Å². The standard InChI is InChI=1S/C26H37N6O5PS/c1-5-37-38(34)16-15-32-23-9-8-21(29-39(4,35)36)17-20(23)18-24(32)26(33)31-13-11-30(12-14-31)25-22(28-19(2)3)7-6-10-27-25/h6-10,17-19,28-29,38H,5,11-16H2,1-4H3. The van der Waals surface area contributed by atoms with E-state index in [0.717, 1.165) is 28.7 Å². The monoisotopic (exact) mass is 576 g/mol. The number of hydrogen-bond acceptors (Lipinski definition) is 8.